The molecule has 0 unspecified atom stereocenters. The van der Waals surface area contributed by atoms with E-state index in [1.807, 2.05) is 0 Å². The van der Waals surface area contributed by atoms with Crippen molar-refractivity contribution in [2.45, 2.75) is 24.9 Å². The molecule has 3 saturated heterocycles. The van der Waals surface area contributed by atoms with Crippen LogP contribution in [0.4, 0.5) is 0 Å². The van der Waals surface area contributed by atoms with E-state index >= 15 is 0 Å². The highest BCUT2D eigenvalue weighted by molar-refractivity contribution is 4.91. The molecule has 74 valence electrons. The lowest BCUT2D eigenvalue weighted by Gasteiger charge is -2.52. The van der Waals surface area contributed by atoms with Crippen molar-refractivity contribution >= 4 is 0 Å². The molecule has 3 heterocycles. The Morgan fingerprint density at radius 3 is 2.00 bits per heavy atom. The van der Waals surface area contributed by atoms with Crippen molar-refractivity contribution in [3.05, 3.63) is 0 Å². The van der Waals surface area contributed by atoms with Crippen LogP contribution in [0.5, 0.6) is 0 Å². The molecule has 4 rings (SSSR count). The predicted octanol–water partition coefficient (Wildman–Crippen LogP) is 0.0707. The number of hydrogen-bond donors (Lipinski definition) is 1. The normalized spacial score (nSPS) is 54.7. The fraction of sp³-hybridized carbons (Fsp3) is 1.00. The Morgan fingerprint density at radius 2 is 1.54 bits per heavy atom. The summed E-state index contributed by atoms with van der Waals surface area (Å²) in [5.74, 6) is 0.0734. The van der Waals surface area contributed by atoms with Gasteiger partial charge in [-0.3, -0.25) is 0 Å². The van der Waals surface area contributed by atoms with E-state index in [-0.39, 0.29) is 0 Å². The van der Waals surface area contributed by atoms with Gasteiger partial charge in [-0.05, 0) is 12.8 Å². The van der Waals surface area contributed by atoms with Crippen LogP contribution in [0.3, 0.4) is 0 Å². The van der Waals surface area contributed by atoms with E-state index in [9.17, 15) is 0 Å². The van der Waals surface area contributed by atoms with Gasteiger partial charge in [0.05, 0.1) is 19.8 Å². The Kier molecular flexibility index (Phi) is 1.68. The molecule has 0 radical (unpaired) electrons. The third-order valence-corrected chi connectivity index (χ3v) is 3.24. The maximum atomic E-state index is 5.74. The van der Waals surface area contributed by atoms with Gasteiger partial charge in [0.1, 0.15) is 0 Å². The van der Waals surface area contributed by atoms with Crippen molar-refractivity contribution in [1.82, 2.24) is 0 Å². The molecule has 2 bridgehead atoms. The van der Waals surface area contributed by atoms with Crippen molar-refractivity contribution in [3.63, 3.8) is 0 Å². The SMILES string of the molecule is NC1CC(C23OCC(CO2)CO3)C1. The summed E-state index contributed by atoms with van der Waals surface area (Å²) in [4.78, 5) is 0. The Bertz CT molecular complexity index is 193. The Labute approximate surface area is 77.3 Å². The molecule has 0 amide bonds. The fourth-order valence-electron chi connectivity index (χ4n) is 2.28. The van der Waals surface area contributed by atoms with E-state index in [1.54, 1.807) is 0 Å². The van der Waals surface area contributed by atoms with Crippen LogP contribution in [0, 0.1) is 11.8 Å². The van der Waals surface area contributed by atoms with E-state index in [2.05, 4.69) is 0 Å². The second-order valence-corrected chi connectivity index (χ2v) is 4.33. The molecule has 13 heavy (non-hydrogen) atoms. The van der Waals surface area contributed by atoms with E-state index < -0.39 is 5.97 Å². The lowest BCUT2D eigenvalue weighted by Crippen LogP contribution is -2.62. The first-order chi connectivity index (χ1) is 6.28. The summed E-state index contributed by atoms with van der Waals surface area (Å²) in [5, 5.41) is 0. The van der Waals surface area contributed by atoms with E-state index in [1.165, 1.54) is 0 Å². The molecule has 0 spiro atoms. The average molecular weight is 185 g/mol. The van der Waals surface area contributed by atoms with Crippen LogP contribution in [0.15, 0.2) is 0 Å². The monoisotopic (exact) mass is 185 g/mol. The van der Waals surface area contributed by atoms with Gasteiger partial charge in [-0.1, -0.05) is 0 Å². The van der Waals surface area contributed by atoms with Crippen LogP contribution in [-0.4, -0.2) is 31.8 Å². The Hall–Kier alpha value is -0.160. The third kappa shape index (κ3) is 1.13. The minimum atomic E-state index is -0.718. The van der Waals surface area contributed by atoms with Crippen molar-refractivity contribution in [2.75, 3.05) is 19.8 Å². The molecule has 2 N–H and O–H groups in total. The van der Waals surface area contributed by atoms with Gasteiger partial charge in [0.25, 0.3) is 5.97 Å². The number of ether oxygens (including phenoxy) is 3. The second kappa shape index (κ2) is 2.67. The predicted molar refractivity (Wildman–Crippen MR) is 44.8 cm³/mol. The average Bonchev–Trinajstić information content (AvgIpc) is 2.16. The highest BCUT2D eigenvalue weighted by Gasteiger charge is 2.54. The molecule has 0 aromatic carbocycles. The van der Waals surface area contributed by atoms with Gasteiger partial charge in [-0.2, -0.15) is 0 Å². The van der Waals surface area contributed by atoms with Crippen LogP contribution in [0.1, 0.15) is 12.8 Å². The van der Waals surface area contributed by atoms with E-state index in [0.717, 1.165) is 32.7 Å². The van der Waals surface area contributed by atoms with E-state index in [4.69, 9.17) is 19.9 Å². The number of hydrogen-bond acceptors (Lipinski definition) is 4. The van der Waals surface area contributed by atoms with E-state index in [0.29, 0.717) is 17.9 Å². The molecule has 4 heteroatoms. The first kappa shape index (κ1) is 8.17. The summed E-state index contributed by atoms with van der Waals surface area (Å²) < 4.78 is 16.9. The van der Waals surface area contributed by atoms with Crippen LogP contribution >= 0.6 is 0 Å². The minimum absolute atomic E-state index is 0.315. The van der Waals surface area contributed by atoms with Crippen molar-refractivity contribution < 1.29 is 14.2 Å². The molecule has 0 aromatic heterocycles. The first-order valence-electron chi connectivity index (χ1n) is 4.96. The number of fused-ring (bicyclic) bond motifs is 3. The zero-order chi connectivity index (χ0) is 8.89. The van der Waals surface area contributed by atoms with Crippen LogP contribution in [0.25, 0.3) is 0 Å². The summed E-state index contributed by atoms with van der Waals surface area (Å²) in [5.41, 5.74) is 5.74. The maximum Gasteiger partial charge on any atom is 0.286 e. The number of rotatable bonds is 1. The zero-order valence-electron chi connectivity index (χ0n) is 7.57. The molecule has 1 aliphatic carbocycles. The molecule has 4 fully saturated rings. The summed E-state index contributed by atoms with van der Waals surface area (Å²) in [6.07, 6.45) is 1.93. The lowest BCUT2D eigenvalue weighted by atomic mass is 9.78. The molecule has 4 nitrogen and oxygen atoms in total. The fourth-order valence-corrected chi connectivity index (χ4v) is 2.28. The largest absolute Gasteiger partial charge is 0.328 e. The van der Waals surface area contributed by atoms with Gasteiger partial charge in [0.15, 0.2) is 0 Å². The molecule has 0 aromatic rings. The van der Waals surface area contributed by atoms with Crippen molar-refractivity contribution in [2.24, 2.45) is 17.6 Å². The Morgan fingerprint density at radius 1 is 1.00 bits per heavy atom. The molecule has 0 atom stereocenters. The standard InChI is InChI=1S/C9H15NO3/c10-8-1-7(2-8)9-11-3-6(4-12-9)5-13-9/h6-8H,1-5,10H2. The summed E-state index contributed by atoms with van der Waals surface area (Å²) in [6.45, 7) is 2.35. The molecule has 3 aliphatic heterocycles. The summed E-state index contributed by atoms with van der Waals surface area (Å²) >= 11 is 0. The highest BCUT2D eigenvalue weighted by atomic mass is 16.9. The lowest BCUT2D eigenvalue weighted by molar-refractivity contribution is -0.474. The van der Waals surface area contributed by atoms with Gasteiger partial charge < -0.3 is 19.9 Å². The smallest absolute Gasteiger partial charge is 0.286 e. The molecular formula is C9H15NO3. The summed E-state index contributed by atoms with van der Waals surface area (Å²) in [7, 11) is 0. The van der Waals surface area contributed by atoms with Gasteiger partial charge in [0.2, 0.25) is 0 Å². The maximum absolute atomic E-state index is 5.74. The first-order valence-corrected chi connectivity index (χ1v) is 4.96. The zero-order valence-corrected chi connectivity index (χ0v) is 7.57. The molecule has 4 aliphatic rings. The van der Waals surface area contributed by atoms with Gasteiger partial charge in [-0.15, -0.1) is 0 Å². The van der Waals surface area contributed by atoms with Gasteiger partial charge >= 0.3 is 0 Å². The minimum Gasteiger partial charge on any atom is -0.328 e. The second-order valence-electron chi connectivity index (χ2n) is 4.33. The molecule has 1 saturated carbocycles. The van der Waals surface area contributed by atoms with Crippen molar-refractivity contribution in [3.8, 4) is 0 Å². The molecular weight excluding hydrogens is 170 g/mol. The Balaban J connectivity index is 1.73. The topological polar surface area (TPSA) is 53.7 Å². The van der Waals surface area contributed by atoms with Crippen LogP contribution in [-0.2, 0) is 14.2 Å². The van der Waals surface area contributed by atoms with Crippen LogP contribution < -0.4 is 5.73 Å². The number of nitrogens with two attached hydrogens (primary N) is 1. The summed E-state index contributed by atoms with van der Waals surface area (Å²) in [6, 6.07) is 0.315. The third-order valence-electron chi connectivity index (χ3n) is 3.24. The van der Waals surface area contributed by atoms with Gasteiger partial charge in [-0.25, -0.2) is 0 Å². The van der Waals surface area contributed by atoms with Gasteiger partial charge in [0, 0.05) is 17.9 Å². The highest BCUT2D eigenvalue weighted by Crippen LogP contribution is 2.44. The van der Waals surface area contributed by atoms with Crippen LogP contribution in [0.2, 0.25) is 0 Å². The quantitative estimate of drug-likeness (QED) is 0.628. The van der Waals surface area contributed by atoms with Crippen molar-refractivity contribution in [1.29, 1.82) is 0 Å².